The summed E-state index contributed by atoms with van der Waals surface area (Å²) in [6.45, 7) is 1.58. The molecule has 20 heavy (non-hydrogen) atoms. The van der Waals surface area contributed by atoms with Gasteiger partial charge in [-0.15, -0.1) is 0 Å². The number of methoxy groups -OCH3 is 1. The van der Waals surface area contributed by atoms with Gasteiger partial charge in [-0.2, -0.15) is 10.4 Å². The van der Waals surface area contributed by atoms with E-state index in [9.17, 15) is 0 Å². The molecule has 0 atom stereocenters. The van der Waals surface area contributed by atoms with Crippen molar-refractivity contribution in [3.63, 3.8) is 0 Å². The van der Waals surface area contributed by atoms with Crippen molar-refractivity contribution in [2.24, 2.45) is 7.05 Å². The molecule has 1 aromatic carbocycles. The topological polar surface area (TPSA) is 62.9 Å². The minimum atomic E-state index is 0.566. The molecular weight excluding hydrogens is 252 g/mol. The van der Waals surface area contributed by atoms with Crippen LogP contribution in [-0.2, 0) is 20.0 Å². The third kappa shape index (κ3) is 3.59. The quantitative estimate of drug-likeness (QED) is 0.810. The van der Waals surface area contributed by atoms with Crippen LogP contribution in [0.15, 0.2) is 30.5 Å². The molecule has 1 aromatic heterocycles. The Morgan fingerprint density at radius 1 is 1.40 bits per heavy atom. The summed E-state index contributed by atoms with van der Waals surface area (Å²) in [5, 5.41) is 16.7. The summed E-state index contributed by atoms with van der Waals surface area (Å²) < 4.78 is 6.93. The third-order valence-electron chi connectivity index (χ3n) is 3.04. The van der Waals surface area contributed by atoms with Crippen molar-refractivity contribution < 1.29 is 4.74 Å². The maximum absolute atomic E-state index is 9.04. The minimum absolute atomic E-state index is 0.566. The second-order valence-electron chi connectivity index (χ2n) is 4.55. The summed E-state index contributed by atoms with van der Waals surface area (Å²) in [6, 6.07) is 9.80. The number of ether oxygens (including phenoxy) is 1. The first-order valence-corrected chi connectivity index (χ1v) is 6.49. The van der Waals surface area contributed by atoms with E-state index in [1.807, 2.05) is 37.5 Å². The maximum atomic E-state index is 9.04. The van der Waals surface area contributed by atoms with Gasteiger partial charge in [-0.25, -0.2) is 0 Å². The second-order valence-corrected chi connectivity index (χ2v) is 4.55. The van der Waals surface area contributed by atoms with E-state index >= 15 is 0 Å². The molecule has 0 saturated carbocycles. The van der Waals surface area contributed by atoms with Gasteiger partial charge in [0.2, 0.25) is 0 Å². The van der Waals surface area contributed by atoms with E-state index < -0.39 is 0 Å². The first-order chi connectivity index (χ1) is 9.72. The van der Waals surface area contributed by atoms with Crippen LogP contribution in [-0.4, -0.2) is 23.4 Å². The zero-order chi connectivity index (χ0) is 14.4. The van der Waals surface area contributed by atoms with Crippen LogP contribution in [0.3, 0.4) is 0 Å². The minimum Gasteiger partial charge on any atom is -0.495 e. The normalized spacial score (nSPS) is 10.2. The fourth-order valence-electron chi connectivity index (χ4n) is 2.00. The van der Waals surface area contributed by atoms with Crippen molar-refractivity contribution in [2.75, 3.05) is 13.7 Å². The maximum Gasteiger partial charge on any atom is 0.136 e. The predicted octanol–water partition coefficient (Wildman–Crippen LogP) is 1.63. The largest absolute Gasteiger partial charge is 0.495 e. The molecule has 0 saturated heterocycles. The molecule has 0 aliphatic carbocycles. The lowest BCUT2D eigenvalue weighted by molar-refractivity contribution is 0.413. The molecule has 0 fully saturated rings. The van der Waals surface area contributed by atoms with Crippen LogP contribution < -0.4 is 10.1 Å². The molecule has 5 nitrogen and oxygen atoms in total. The molecule has 0 spiro atoms. The van der Waals surface area contributed by atoms with Gasteiger partial charge in [-0.05, 0) is 23.8 Å². The lowest BCUT2D eigenvalue weighted by Gasteiger charge is -2.07. The molecule has 2 aromatic rings. The average molecular weight is 270 g/mol. The van der Waals surface area contributed by atoms with Crippen LogP contribution in [0.5, 0.6) is 5.75 Å². The van der Waals surface area contributed by atoms with E-state index in [0.717, 1.165) is 30.8 Å². The molecular formula is C15H18N4O. The van der Waals surface area contributed by atoms with Crippen molar-refractivity contribution in [3.8, 4) is 11.8 Å². The molecule has 104 valence electrons. The van der Waals surface area contributed by atoms with Crippen LogP contribution in [0.4, 0.5) is 0 Å². The highest BCUT2D eigenvalue weighted by molar-refractivity contribution is 5.45. The molecule has 0 bridgehead atoms. The monoisotopic (exact) mass is 270 g/mol. The zero-order valence-corrected chi connectivity index (χ0v) is 11.8. The first-order valence-electron chi connectivity index (χ1n) is 6.49. The van der Waals surface area contributed by atoms with Crippen LogP contribution in [0.25, 0.3) is 0 Å². The van der Waals surface area contributed by atoms with Gasteiger partial charge in [0, 0.05) is 32.8 Å². The Kier molecular flexibility index (Phi) is 4.75. The smallest absolute Gasteiger partial charge is 0.136 e. The third-order valence-corrected chi connectivity index (χ3v) is 3.04. The van der Waals surface area contributed by atoms with Crippen molar-refractivity contribution in [1.82, 2.24) is 15.1 Å². The number of benzene rings is 1. The summed E-state index contributed by atoms with van der Waals surface area (Å²) in [4.78, 5) is 0. The Morgan fingerprint density at radius 2 is 2.25 bits per heavy atom. The summed E-state index contributed by atoms with van der Waals surface area (Å²) >= 11 is 0. The Bertz CT molecular complexity index is 613. The van der Waals surface area contributed by atoms with Gasteiger partial charge in [-0.1, -0.05) is 6.07 Å². The zero-order valence-electron chi connectivity index (χ0n) is 11.8. The molecule has 0 radical (unpaired) electrons. The van der Waals surface area contributed by atoms with Crippen molar-refractivity contribution in [1.29, 1.82) is 5.26 Å². The number of nitriles is 1. The summed E-state index contributed by atoms with van der Waals surface area (Å²) in [7, 11) is 3.48. The second kappa shape index (κ2) is 6.73. The number of rotatable bonds is 6. The van der Waals surface area contributed by atoms with E-state index in [0.29, 0.717) is 11.3 Å². The molecule has 1 N–H and O–H groups in total. The summed E-state index contributed by atoms with van der Waals surface area (Å²) in [5.74, 6) is 0.615. The highest BCUT2D eigenvalue weighted by Crippen LogP contribution is 2.18. The van der Waals surface area contributed by atoms with Gasteiger partial charge in [0.1, 0.15) is 11.8 Å². The number of nitrogens with one attached hydrogen (secondary N) is 1. The SMILES string of the molecule is COc1ccc(CNCCc2ccn(C)n2)cc1C#N. The standard InChI is InChI=1S/C15H18N4O/c1-19-8-6-14(18-19)5-7-17-11-12-3-4-15(20-2)13(9-12)10-16/h3-4,6,8-9,17H,5,7,11H2,1-2H3. The summed E-state index contributed by atoms with van der Waals surface area (Å²) in [5.41, 5.74) is 2.72. The van der Waals surface area contributed by atoms with Crippen molar-refractivity contribution >= 4 is 0 Å². The van der Waals surface area contributed by atoms with Gasteiger partial charge in [0.25, 0.3) is 0 Å². The van der Waals surface area contributed by atoms with Crippen molar-refractivity contribution in [2.45, 2.75) is 13.0 Å². The van der Waals surface area contributed by atoms with Gasteiger partial charge in [0.05, 0.1) is 18.4 Å². The molecule has 2 rings (SSSR count). The lowest BCUT2D eigenvalue weighted by Crippen LogP contribution is -2.17. The molecule has 0 amide bonds. The highest BCUT2D eigenvalue weighted by Gasteiger charge is 2.03. The average Bonchev–Trinajstić information content (AvgIpc) is 2.89. The van der Waals surface area contributed by atoms with Crippen LogP contribution in [0.1, 0.15) is 16.8 Å². The lowest BCUT2D eigenvalue weighted by atomic mass is 10.1. The molecule has 1 heterocycles. The van der Waals surface area contributed by atoms with E-state index in [4.69, 9.17) is 10.00 Å². The molecule has 5 heteroatoms. The fourth-order valence-corrected chi connectivity index (χ4v) is 2.00. The fraction of sp³-hybridized carbons (Fsp3) is 0.333. The summed E-state index contributed by atoms with van der Waals surface area (Å²) in [6.07, 6.45) is 2.83. The van der Waals surface area contributed by atoms with Crippen LogP contribution >= 0.6 is 0 Å². The van der Waals surface area contributed by atoms with Gasteiger partial charge in [0.15, 0.2) is 0 Å². The van der Waals surface area contributed by atoms with E-state index in [1.165, 1.54) is 0 Å². The Labute approximate surface area is 118 Å². The van der Waals surface area contributed by atoms with Gasteiger partial charge < -0.3 is 10.1 Å². The number of aromatic nitrogens is 2. The molecule has 0 unspecified atom stereocenters. The predicted molar refractivity (Wildman–Crippen MR) is 76.3 cm³/mol. The number of aryl methyl sites for hydroxylation is 1. The van der Waals surface area contributed by atoms with Crippen LogP contribution in [0.2, 0.25) is 0 Å². The Morgan fingerprint density at radius 3 is 2.90 bits per heavy atom. The number of hydrogen-bond acceptors (Lipinski definition) is 4. The van der Waals surface area contributed by atoms with E-state index in [2.05, 4.69) is 16.5 Å². The molecule has 0 aliphatic heterocycles. The van der Waals surface area contributed by atoms with E-state index in [1.54, 1.807) is 11.8 Å². The highest BCUT2D eigenvalue weighted by atomic mass is 16.5. The van der Waals surface area contributed by atoms with Crippen molar-refractivity contribution in [3.05, 3.63) is 47.3 Å². The molecule has 0 aliphatic rings. The number of hydrogen-bond donors (Lipinski definition) is 1. The first kappa shape index (κ1) is 14.1. The Balaban J connectivity index is 1.84. The van der Waals surface area contributed by atoms with Crippen LogP contribution in [0, 0.1) is 11.3 Å². The van der Waals surface area contributed by atoms with E-state index in [-0.39, 0.29) is 0 Å². The Hall–Kier alpha value is -2.32. The van der Waals surface area contributed by atoms with Gasteiger partial charge >= 0.3 is 0 Å². The van der Waals surface area contributed by atoms with Gasteiger partial charge in [-0.3, -0.25) is 4.68 Å². The number of nitrogens with zero attached hydrogens (tertiary/aromatic N) is 3.